The van der Waals surface area contributed by atoms with Crippen LogP contribution in [0.2, 0.25) is 0 Å². The molecule has 1 atom stereocenters. The minimum atomic E-state index is -0.541. The minimum absolute atomic E-state index is 0.0676. The van der Waals surface area contributed by atoms with E-state index >= 15 is 0 Å². The molecule has 0 saturated heterocycles. The van der Waals surface area contributed by atoms with Crippen molar-refractivity contribution >= 4 is 16.6 Å². The summed E-state index contributed by atoms with van der Waals surface area (Å²) in [6, 6.07) is 15.7. The Kier molecular flexibility index (Phi) is 3.97. The molecule has 2 rings (SSSR count). The second kappa shape index (κ2) is 5.67. The molecule has 0 aliphatic carbocycles. The van der Waals surface area contributed by atoms with Gasteiger partial charge in [0, 0.05) is 5.56 Å². The maximum absolute atomic E-state index is 12.3. The number of carbonyl (C=O) groups is 1. The van der Waals surface area contributed by atoms with E-state index in [0.29, 0.717) is 17.9 Å². The molecule has 0 heterocycles. The quantitative estimate of drug-likeness (QED) is 0.764. The standard InChI is InChI=1S/C17H17NO/c1-12(2)9-16(11-18)17(19)15-8-7-13-5-3-4-6-14(13)10-15/h3-8,10,12,16H,9H2,1-2H3. The Bertz CT molecular complexity index is 637. The fraction of sp³-hybridized carbons (Fsp3) is 0.294. The SMILES string of the molecule is CC(C)CC(C#N)C(=O)c1ccc2ccccc2c1. The molecule has 2 heteroatoms. The zero-order valence-electron chi connectivity index (χ0n) is 11.3. The van der Waals surface area contributed by atoms with Crippen LogP contribution in [0.3, 0.4) is 0 Å². The lowest BCUT2D eigenvalue weighted by Crippen LogP contribution is -2.15. The number of ketones is 1. The molecule has 0 aliphatic heterocycles. The second-order valence-corrected chi connectivity index (χ2v) is 5.24. The summed E-state index contributed by atoms with van der Waals surface area (Å²) in [5.41, 5.74) is 0.630. The van der Waals surface area contributed by atoms with Crippen molar-refractivity contribution in [2.24, 2.45) is 11.8 Å². The molecule has 19 heavy (non-hydrogen) atoms. The summed E-state index contributed by atoms with van der Waals surface area (Å²) in [4.78, 5) is 12.3. The highest BCUT2D eigenvalue weighted by Crippen LogP contribution is 2.21. The van der Waals surface area contributed by atoms with Crippen LogP contribution >= 0.6 is 0 Å². The number of carbonyl (C=O) groups excluding carboxylic acids is 1. The van der Waals surface area contributed by atoms with Gasteiger partial charge in [0.25, 0.3) is 0 Å². The van der Waals surface area contributed by atoms with Crippen LogP contribution in [0.5, 0.6) is 0 Å². The molecule has 0 aromatic heterocycles. The fourth-order valence-electron chi connectivity index (χ4n) is 2.23. The van der Waals surface area contributed by atoms with Crippen LogP contribution in [0.15, 0.2) is 42.5 Å². The molecule has 0 radical (unpaired) electrons. The Morgan fingerprint density at radius 1 is 1.16 bits per heavy atom. The van der Waals surface area contributed by atoms with Gasteiger partial charge in [0.05, 0.1) is 6.07 Å². The van der Waals surface area contributed by atoms with Crippen molar-refractivity contribution in [1.29, 1.82) is 5.26 Å². The average molecular weight is 251 g/mol. The van der Waals surface area contributed by atoms with Crippen LogP contribution in [0, 0.1) is 23.2 Å². The lowest BCUT2D eigenvalue weighted by molar-refractivity contribution is 0.0937. The van der Waals surface area contributed by atoms with Crippen molar-refractivity contribution in [1.82, 2.24) is 0 Å². The molecule has 96 valence electrons. The van der Waals surface area contributed by atoms with E-state index < -0.39 is 5.92 Å². The zero-order chi connectivity index (χ0) is 13.8. The highest BCUT2D eigenvalue weighted by Gasteiger charge is 2.20. The van der Waals surface area contributed by atoms with Gasteiger partial charge in [-0.05, 0) is 29.2 Å². The number of fused-ring (bicyclic) bond motifs is 1. The molecular formula is C17H17NO. The zero-order valence-corrected chi connectivity index (χ0v) is 11.3. The summed E-state index contributed by atoms with van der Waals surface area (Å²) in [5.74, 6) is -0.267. The van der Waals surface area contributed by atoms with E-state index in [-0.39, 0.29) is 5.78 Å². The largest absolute Gasteiger partial charge is 0.293 e. The Balaban J connectivity index is 2.33. The van der Waals surface area contributed by atoms with Crippen LogP contribution < -0.4 is 0 Å². The van der Waals surface area contributed by atoms with Gasteiger partial charge >= 0.3 is 0 Å². The average Bonchev–Trinajstić information content (AvgIpc) is 2.43. The van der Waals surface area contributed by atoms with Gasteiger partial charge in [0.15, 0.2) is 5.78 Å². The van der Waals surface area contributed by atoms with Crippen LogP contribution in [-0.4, -0.2) is 5.78 Å². The predicted molar refractivity (Wildman–Crippen MR) is 76.8 cm³/mol. The molecule has 2 aromatic rings. The number of Topliss-reactive ketones (excluding diaryl/α,β-unsaturated/α-hetero) is 1. The molecule has 2 aromatic carbocycles. The minimum Gasteiger partial charge on any atom is -0.293 e. The number of hydrogen-bond acceptors (Lipinski definition) is 2. The van der Waals surface area contributed by atoms with E-state index in [4.69, 9.17) is 5.26 Å². The number of hydrogen-bond donors (Lipinski definition) is 0. The lowest BCUT2D eigenvalue weighted by Gasteiger charge is -2.11. The molecular weight excluding hydrogens is 234 g/mol. The molecule has 2 nitrogen and oxygen atoms in total. The summed E-state index contributed by atoms with van der Waals surface area (Å²) in [6.45, 7) is 4.05. The summed E-state index contributed by atoms with van der Waals surface area (Å²) in [5, 5.41) is 11.3. The maximum atomic E-state index is 12.3. The summed E-state index contributed by atoms with van der Waals surface area (Å²) in [6.07, 6.45) is 0.613. The third kappa shape index (κ3) is 3.00. The van der Waals surface area contributed by atoms with Crippen molar-refractivity contribution < 1.29 is 4.79 Å². The van der Waals surface area contributed by atoms with Crippen LogP contribution in [-0.2, 0) is 0 Å². The molecule has 0 bridgehead atoms. The van der Waals surface area contributed by atoms with E-state index in [1.807, 2.05) is 56.3 Å². The van der Waals surface area contributed by atoms with Gasteiger partial charge in [-0.1, -0.05) is 50.2 Å². The van der Waals surface area contributed by atoms with Gasteiger partial charge < -0.3 is 0 Å². The van der Waals surface area contributed by atoms with Gasteiger partial charge in [-0.3, -0.25) is 4.79 Å². The number of benzene rings is 2. The van der Waals surface area contributed by atoms with Crippen LogP contribution in [0.4, 0.5) is 0 Å². The predicted octanol–water partition coefficient (Wildman–Crippen LogP) is 4.21. The smallest absolute Gasteiger partial charge is 0.180 e. The first-order chi connectivity index (χ1) is 9.11. The van der Waals surface area contributed by atoms with E-state index in [2.05, 4.69) is 6.07 Å². The fourth-order valence-corrected chi connectivity index (χ4v) is 2.23. The molecule has 1 unspecified atom stereocenters. The van der Waals surface area contributed by atoms with Gasteiger partial charge in [-0.15, -0.1) is 0 Å². The van der Waals surface area contributed by atoms with Crippen LogP contribution in [0.1, 0.15) is 30.6 Å². The first-order valence-electron chi connectivity index (χ1n) is 6.54. The third-order valence-corrected chi connectivity index (χ3v) is 3.21. The van der Waals surface area contributed by atoms with Crippen LogP contribution in [0.25, 0.3) is 10.8 Å². The molecule has 0 N–H and O–H groups in total. The van der Waals surface area contributed by atoms with Crippen molar-refractivity contribution in [3.05, 3.63) is 48.0 Å². The van der Waals surface area contributed by atoms with Crippen molar-refractivity contribution in [3.8, 4) is 6.07 Å². The molecule has 0 spiro atoms. The van der Waals surface area contributed by atoms with Gasteiger partial charge in [0.2, 0.25) is 0 Å². The second-order valence-electron chi connectivity index (χ2n) is 5.24. The topological polar surface area (TPSA) is 40.9 Å². The normalized spacial score (nSPS) is 12.3. The Labute approximate surface area is 113 Å². The Hall–Kier alpha value is -2.14. The summed E-state index contributed by atoms with van der Waals surface area (Å²) >= 11 is 0. The molecule has 0 amide bonds. The van der Waals surface area contributed by atoms with Gasteiger partial charge in [0.1, 0.15) is 5.92 Å². The Morgan fingerprint density at radius 2 is 1.84 bits per heavy atom. The highest BCUT2D eigenvalue weighted by molar-refractivity contribution is 6.02. The lowest BCUT2D eigenvalue weighted by atomic mass is 9.90. The summed E-state index contributed by atoms with van der Waals surface area (Å²) < 4.78 is 0. The first kappa shape index (κ1) is 13.3. The van der Waals surface area contributed by atoms with Gasteiger partial charge in [-0.2, -0.15) is 5.26 Å². The Morgan fingerprint density at radius 3 is 2.47 bits per heavy atom. The van der Waals surface area contributed by atoms with Gasteiger partial charge in [-0.25, -0.2) is 0 Å². The van der Waals surface area contributed by atoms with Crippen molar-refractivity contribution in [2.75, 3.05) is 0 Å². The monoisotopic (exact) mass is 251 g/mol. The molecule has 0 fully saturated rings. The number of nitriles is 1. The molecule has 0 aliphatic rings. The molecule has 0 saturated carbocycles. The number of rotatable bonds is 4. The van der Waals surface area contributed by atoms with E-state index in [1.165, 1.54) is 0 Å². The van der Waals surface area contributed by atoms with Crippen molar-refractivity contribution in [3.63, 3.8) is 0 Å². The summed E-state index contributed by atoms with van der Waals surface area (Å²) in [7, 11) is 0. The highest BCUT2D eigenvalue weighted by atomic mass is 16.1. The van der Waals surface area contributed by atoms with E-state index in [1.54, 1.807) is 0 Å². The van der Waals surface area contributed by atoms with Crippen molar-refractivity contribution in [2.45, 2.75) is 20.3 Å². The number of nitrogens with zero attached hydrogens (tertiary/aromatic N) is 1. The van der Waals surface area contributed by atoms with E-state index in [0.717, 1.165) is 10.8 Å². The van der Waals surface area contributed by atoms with E-state index in [9.17, 15) is 4.79 Å². The third-order valence-electron chi connectivity index (χ3n) is 3.21. The first-order valence-corrected chi connectivity index (χ1v) is 6.54. The maximum Gasteiger partial charge on any atom is 0.180 e.